The fourth-order valence-electron chi connectivity index (χ4n) is 3.87. The van der Waals surface area contributed by atoms with Gasteiger partial charge in [-0.25, -0.2) is 13.4 Å². The van der Waals surface area contributed by atoms with E-state index in [1.54, 1.807) is 36.4 Å². The molecule has 2 heterocycles. The standard InChI is InChI=1S/C22H25F2N3O3S2/c1-15(2)27-19-10-9-17(32(28,29)26-11-5-6-12-26)13-18(19)25-22(27)31-14-16-7-3-4-8-20(16)30-21(23)24/h3-4,7-10,13,15,21H,5-6,11-12,14H2,1-2H3. The van der Waals surface area contributed by atoms with Crippen LogP contribution in [-0.2, 0) is 15.8 Å². The SMILES string of the molecule is CC(C)n1c(SCc2ccccc2OC(F)F)nc2cc(S(=O)(=O)N3CCCC3)ccc21. The topological polar surface area (TPSA) is 64.4 Å². The number of para-hydroxylation sites is 1. The van der Waals surface area contributed by atoms with Crippen molar-refractivity contribution in [1.82, 2.24) is 13.9 Å². The van der Waals surface area contributed by atoms with Gasteiger partial charge in [0.1, 0.15) is 5.75 Å². The Kier molecular flexibility index (Phi) is 6.73. The predicted octanol–water partition coefficient (Wildman–Crippen LogP) is 5.30. The molecule has 0 radical (unpaired) electrons. The van der Waals surface area contributed by atoms with Crippen molar-refractivity contribution >= 4 is 32.8 Å². The maximum absolute atomic E-state index is 13.0. The van der Waals surface area contributed by atoms with Gasteiger partial charge in [-0.2, -0.15) is 13.1 Å². The lowest BCUT2D eigenvalue weighted by atomic mass is 10.2. The molecule has 172 valence electrons. The highest BCUT2D eigenvalue weighted by molar-refractivity contribution is 7.98. The number of sulfonamides is 1. The molecule has 0 bridgehead atoms. The van der Waals surface area contributed by atoms with E-state index in [9.17, 15) is 17.2 Å². The van der Waals surface area contributed by atoms with Gasteiger partial charge >= 0.3 is 6.61 Å². The molecule has 0 aliphatic carbocycles. The lowest BCUT2D eigenvalue weighted by Crippen LogP contribution is -2.27. The van der Waals surface area contributed by atoms with Crippen molar-refractivity contribution in [2.75, 3.05) is 13.1 Å². The van der Waals surface area contributed by atoms with Gasteiger partial charge in [0.05, 0.1) is 15.9 Å². The highest BCUT2D eigenvalue weighted by Crippen LogP contribution is 2.34. The third kappa shape index (κ3) is 4.62. The van der Waals surface area contributed by atoms with Crippen LogP contribution in [-0.4, -0.2) is 42.0 Å². The average Bonchev–Trinajstić information content (AvgIpc) is 3.40. The van der Waals surface area contributed by atoms with E-state index < -0.39 is 16.6 Å². The second-order valence-corrected chi connectivity index (χ2v) is 10.8. The highest BCUT2D eigenvalue weighted by Gasteiger charge is 2.28. The van der Waals surface area contributed by atoms with Gasteiger partial charge in [-0.05, 0) is 51.0 Å². The number of alkyl halides is 2. The van der Waals surface area contributed by atoms with E-state index in [4.69, 9.17) is 4.98 Å². The van der Waals surface area contributed by atoms with Crippen LogP contribution >= 0.6 is 11.8 Å². The molecule has 0 N–H and O–H groups in total. The molecular formula is C22H25F2N3O3S2. The van der Waals surface area contributed by atoms with E-state index in [-0.39, 0.29) is 16.7 Å². The molecule has 1 saturated heterocycles. The minimum Gasteiger partial charge on any atom is -0.435 e. The van der Waals surface area contributed by atoms with Crippen LogP contribution in [0.2, 0.25) is 0 Å². The number of aromatic nitrogens is 2. The number of nitrogens with zero attached hydrogens (tertiary/aromatic N) is 3. The fourth-order valence-corrected chi connectivity index (χ4v) is 6.54. The van der Waals surface area contributed by atoms with Crippen LogP contribution in [0.15, 0.2) is 52.5 Å². The number of imidazole rings is 1. The van der Waals surface area contributed by atoms with E-state index in [0.29, 0.717) is 35.1 Å². The Hall–Kier alpha value is -2.17. The van der Waals surface area contributed by atoms with E-state index in [1.165, 1.54) is 22.1 Å². The zero-order valence-electron chi connectivity index (χ0n) is 17.9. The number of halogens is 2. The molecule has 0 spiro atoms. The Morgan fingerprint density at radius 2 is 1.84 bits per heavy atom. The van der Waals surface area contributed by atoms with Gasteiger partial charge in [0.2, 0.25) is 10.0 Å². The summed E-state index contributed by atoms with van der Waals surface area (Å²) in [7, 11) is -3.54. The number of rotatable bonds is 8. The van der Waals surface area contributed by atoms with Gasteiger partial charge < -0.3 is 9.30 Å². The van der Waals surface area contributed by atoms with Gasteiger partial charge in [0.15, 0.2) is 5.16 Å². The highest BCUT2D eigenvalue weighted by atomic mass is 32.2. The van der Waals surface area contributed by atoms with Crippen molar-refractivity contribution in [2.24, 2.45) is 0 Å². The number of ether oxygens (including phenoxy) is 1. The first-order valence-corrected chi connectivity index (χ1v) is 12.9. The van der Waals surface area contributed by atoms with Crippen molar-refractivity contribution in [3.63, 3.8) is 0 Å². The summed E-state index contributed by atoms with van der Waals surface area (Å²) in [5.74, 6) is 0.527. The summed E-state index contributed by atoms with van der Waals surface area (Å²) in [5, 5.41) is 0.692. The van der Waals surface area contributed by atoms with Crippen molar-refractivity contribution in [3.05, 3.63) is 48.0 Å². The molecule has 1 aliphatic rings. The van der Waals surface area contributed by atoms with Gasteiger partial charge in [-0.1, -0.05) is 30.0 Å². The number of benzene rings is 2. The monoisotopic (exact) mass is 481 g/mol. The van der Waals surface area contributed by atoms with E-state index >= 15 is 0 Å². The van der Waals surface area contributed by atoms with Crippen LogP contribution in [0.4, 0.5) is 8.78 Å². The summed E-state index contributed by atoms with van der Waals surface area (Å²) in [6, 6.07) is 11.8. The Labute approximate surface area is 190 Å². The number of hydrogen-bond donors (Lipinski definition) is 0. The Balaban J connectivity index is 1.66. The molecule has 0 unspecified atom stereocenters. The molecule has 4 rings (SSSR count). The summed E-state index contributed by atoms with van der Waals surface area (Å²) in [4.78, 5) is 4.94. The zero-order chi connectivity index (χ0) is 22.9. The summed E-state index contributed by atoms with van der Waals surface area (Å²) < 4.78 is 59.5. The lowest BCUT2D eigenvalue weighted by molar-refractivity contribution is -0.0503. The molecule has 1 aliphatic heterocycles. The minimum absolute atomic E-state index is 0.0797. The largest absolute Gasteiger partial charge is 0.435 e. The second-order valence-electron chi connectivity index (χ2n) is 7.89. The molecular weight excluding hydrogens is 456 g/mol. The van der Waals surface area contributed by atoms with Gasteiger partial charge in [0, 0.05) is 30.4 Å². The molecule has 0 amide bonds. The first-order valence-electron chi connectivity index (χ1n) is 10.4. The summed E-state index contributed by atoms with van der Waals surface area (Å²) in [6.45, 7) is 2.24. The van der Waals surface area contributed by atoms with Crippen molar-refractivity contribution < 1.29 is 21.9 Å². The van der Waals surface area contributed by atoms with Gasteiger partial charge in [-0.15, -0.1) is 0 Å². The molecule has 3 aromatic rings. The lowest BCUT2D eigenvalue weighted by Gasteiger charge is -2.16. The number of fused-ring (bicyclic) bond motifs is 1. The minimum atomic E-state index is -3.54. The van der Waals surface area contributed by atoms with Gasteiger partial charge in [-0.3, -0.25) is 0 Å². The summed E-state index contributed by atoms with van der Waals surface area (Å²) >= 11 is 1.40. The number of thioether (sulfide) groups is 1. The molecule has 0 atom stereocenters. The normalized spacial score (nSPS) is 15.3. The van der Waals surface area contributed by atoms with E-state index in [1.807, 2.05) is 18.4 Å². The van der Waals surface area contributed by atoms with Gasteiger partial charge in [0.25, 0.3) is 0 Å². The zero-order valence-corrected chi connectivity index (χ0v) is 19.5. The van der Waals surface area contributed by atoms with Crippen LogP contribution in [0.5, 0.6) is 5.75 Å². The second kappa shape index (κ2) is 9.36. The van der Waals surface area contributed by atoms with Crippen molar-refractivity contribution in [1.29, 1.82) is 0 Å². The van der Waals surface area contributed by atoms with Crippen LogP contribution in [0, 0.1) is 0 Å². The fraction of sp³-hybridized carbons (Fsp3) is 0.409. The molecule has 2 aromatic carbocycles. The Morgan fingerprint density at radius 3 is 2.53 bits per heavy atom. The molecule has 32 heavy (non-hydrogen) atoms. The molecule has 0 saturated carbocycles. The predicted molar refractivity (Wildman–Crippen MR) is 121 cm³/mol. The van der Waals surface area contributed by atoms with Crippen LogP contribution in [0.3, 0.4) is 0 Å². The van der Waals surface area contributed by atoms with E-state index in [0.717, 1.165) is 18.4 Å². The Bertz CT molecular complexity index is 1210. The smallest absolute Gasteiger partial charge is 0.387 e. The molecule has 10 heteroatoms. The summed E-state index contributed by atoms with van der Waals surface area (Å²) in [6.07, 6.45) is 1.75. The first kappa shape index (κ1) is 23.0. The van der Waals surface area contributed by atoms with Crippen molar-refractivity contribution in [3.8, 4) is 5.75 Å². The summed E-state index contributed by atoms with van der Waals surface area (Å²) in [5.41, 5.74) is 2.07. The van der Waals surface area contributed by atoms with E-state index in [2.05, 4.69) is 4.74 Å². The number of hydrogen-bond acceptors (Lipinski definition) is 5. The van der Waals surface area contributed by atoms with Crippen molar-refractivity contribution in [2.45, 2.75) is 55.1 Å². The van der Waals surface area contributed by atoms with Crippen LogP contribution < -0.4 is 4.74 Å². The third-order valence-electron chi connectivity index (χ3n) is 5.39. The van der Waals surface area contributed by atoms with Crippen LogP contribution in [0.25, 0.3) is 11.0 Å². The molecule has 1 aromatic heterocycles. The molecule has 6 nitrogen and oxygen atoms in total. The Morgan fingerprint density at radius 1 is 1.12 bits per heavy atom. The maximum Gasteiger partial charge on any atom is 0.387 e. The molecule has 1 fully saturated rings. The first-order chi connectivity index (χ1) is 15.3. The quantitative estimate of drug-likeness (QED) is 0.409. The maximum atomic E-state index is 13.0. The third-order valence-corrected chi connectivity index (χ3v) is 8.29. The van der Waals surface area contributed by atoms with Crippen LogP contribution in [0.1, 0.15) is 38.3 Å². The average molecular weight is 482 g/mol.